The third-order valence-corrected chi connectivity index (χ3v) is 5.29. The lowest BCUT2D eigenvalue weighted by Gasteiger charge is -2.30. The van der Waals surface area contributed by atoms with Crippen LogP contribution in [0.15, 0.2) is 48.5 Å². The van der Waals surface area contributed by atoms with Crippen LogP contribution >= 0.6 is 11.6 Å². The fourth-order valence-electron chi connectivity index (χ4n) is 2.90. The monoisotopic (exact) mass is 400 g/mol. The minimum absolute atomic E-state index is 0.0710. The predicted molar refractivity (Wildman–Crippen MR) is 114 cm³/mol. The van der Waals surface area contributed by atoms with E-state index in [4.69, 9.17) is 11.6 Å². The van der Waals surface area contributed by atoms with Crippen molar-refractivity contribution in [1.82, 2.24) is 10.2 Å². The molecule has 0 spiro atoms. The Morgan fingerprint density at radius 3 is 2.32 bits per heavy atom. The summed E-state index contributed by atoms with van der Waals surface area (Å²) in [5.41, 5.74) is 3.01. The number of aryl methyl sites for hydroxylation is 1. The maximum atomic E-state index is 13.1. The third-order valence-electron chi connectivity index (χ3n) is 5.04. The molecule has 150 valence electrons. The first-order valence-corrected chi connectivity index (χ1v) is 10.1. The topological polar surface area (TPSA) is 49.4 Å². The number of amides is 2. The van der Waals surface area contributed by atoms with Gasteiger partial charge in [0.25, 0.3) is 0 Å². The van der Waals surface area contributed by atoms with Crippen molar-refractivity contribution in [3.8, 4) is 0 Å². The van der Waals surface area contributed by atoms with Gasteiger partial charge in [0.2, 0.25) is 11.8 Å². The van der Waals surface area contributed by atoms with E-state index < -0.39 is 6.04 Å². The Kier molecular flexibility index (Phi) is 8.06. The summed E-state index contributed by atoms with van der Waals surface area (Å²) in [6.45, 7) is 8.18. The molecule has 0 saturated heterocycles. The molecule has 5 heteroatoms. The van der Waals surface area contributed by atoms with Gasteiger partial charge in [-0.2, -0.15) is 0 Å². The fourth-order valence-corrected chi connectivity index (χ4v) is 3.02. The van der Waals surface area contributed by atoms with Crippen molar-refractivity contribution >= 4 is 23.4 Å². The normalized spacial score (nSPS) is 12.9. The molecule has 0 aromatic heterocycles. The molecular weight excluding hydrogens is 372 g/mol. The van der Waals surface area contributed by atoms with Gasteiger partial charge < -0.3 is 10.2 Å². The molecule has 0 fully saturated rings. The van der Waals surface area contributed by atoms with Gasteiger partial charge >= 0.3 is 0 Å². The van der Waals surface area contributed by atoms with E-state index in [1.165, 1.54) is 0 Å². The molecule has 1 N–H and O–H groups in total. The molecule has 2 amide bonds. The van der Waals surface area contributed by atoms with E-state index in [0.717, 1.165) is 23.1 Å². The lowest BCUT2D eigenvalue weighted by molar-refractivity contribution is -0.140. The highest BCUT2D eigenvalue weighted by atomic mass is 35.5. The Morgan fingerprint density at radius 1 is 1.07 bits per heavy atom. The van der Waals surface area contributed by atoms with Crippen molar-refractivity contribution in [2.24, 2.45) is 0 Å². The molecular formula is C23H29ClN2O2. The van der Waals surface area contributed by atoms with E-state index >= 15 is 0 Å². The second-order valence-electron chi connectivity index (χ2n) is 7.25. The van der Waals surface area contributed by atoms with Crippen molar-refractivity contribution in [2.75, 3.05) is 0 Å². The van der Waals surface area contributed by atoms with Crippen LogP contribution in [0.1, 0.15) is 43.9 Å². The van der Waals surface area contributed by atoms with Crippen LogP contribution in [0.4, 0.5) is 0 Å². The highest BCUT2D eigenvalue weighted by molar-refractivity contribution is 6.30. The van der Waals surface area contributed by atoms with Gasteiger partial charge in [-0.05, 0) is 56.0 Å². The molecule has 0 unspecified atom stereocenters. The van der Waals surface area contributed by atoms with Crippen LogP contribution in [0.3, 0.4) is 0 Å². The van der Waals surface area contributed by atoms with Gasteiger partial charge in [0.15, 0.2) is 0 Å². The van der Waals surface area contributed by atoms with Crippen LogP contribution < -0.4 is 5.32 Å². The zero-order valence-corrected chi connectivity index (χ0v) is 17.8. The summed E-state index contributed by atoms with van der Waals surface area (Å²) in [6.07, 6.45) is 1.07. The average molecular weight is 401 g/mol. The van der Waals surface area contributed by atoms with Crippen LogP contribution in [0, 0.1) is 6.92 Å². The Balaban J connectivity index is 2.23. The molecule has 2 aromatic rings. The first-order valence-electron chi connectivity index (χ1n) is 9.70. The van der Waals surface area contributed by atoms with Gasteiger partial charge in [0, 0.05) is 17.6 Å². The van der Waals surface area contributed by atoms with E-state index in [2.05, 4.69) is 5.32 Å². The van der Waals surface area contributed by atoms with E-state index in [0.29, 0.717) is 11.6 Å². The standard InChI is InChI=1S/C23H29ClN2O2/c1-5-17(3)25-23(28)18(4)26(15-20-9-7-6-8-16(20)2)22(27)14-19-10-12-21(24)13-11-19/h6-13,17-18H,5,14-15H2,1-4H3,(H,25,28)/t17-,18+/m1/s1. The minimum atomic E-state index is -0.562. The van der Waals surface area contributed by atoms with Gasteiger partial charge in [0.1, 0.15) is 6.04 Å². The first-order chi connectivity index (χ1) is 13.3. The summed E-state index contributed by atoms with van der Waals surface area (Å²) < 4.78 is 0. The summed E-state index contributed by atoms with van der Waals surface area (Å²) in [6, 6.07) is 14.7. The van der Waals surface area contributed by atoms with E-state index in [1.807, 2.05) is 57.2 Å². The number of benzene rings is 2. The smallest absolute Gasteiger partial charge is 0.242 e. The van der Waals surface area contributed by atoms with Gasteiger partial charge in [-0.15, -0.1) is 0 Å². The second-order valence-corrected chi connectivity index (χ2v) is 7.68. The molecule has 0 radical (unpaired) electrons. The van der Waals surface area contributed by atoms with Crippen molar-refractivity contribution in [1.29, 1.82) is 0 Å². The Labute approximate surface area is 172 Å². The van der Waals surface area contributed by atoms with Crippen molar-refractivity contribution < 1.29 is 9.59 Å². The molecule has 0 aliphatic carbocycles. The average Bonchev–Trinajstić information content (AvgIpc) is 2.68. The Bertz CT molecular complexity index is 805. The lowest BCUT2D eigenvalue weighted by atomic mass is 10.1. The van der Waals surface area contributed by atoms with Gasteiger partial charge in [-0.3, -0.25) is 9.59 Å². The fraction of sp³-hybridized carbons (Fsp3) is 0.391. The van der Waals surface area contributed by atoms with Crippen molar-refractivity contribution in [3.05, 3.63) is 70.2 Å². The van der Waals surface area contributed by atoms with Crippen LogP contribution in [0.25, 0.3) is 0 Å². The van der Waals surface area contributed by atoms with E-state index in [-0.39, 0.29) is 24.3 Å². The lowest BCUT2D eigenvalue weighted by Crippen LogP contribution is -2.50. The Hall–Kier alpha value is -2.33. The number of rotatable bonds is 8. The number of carbonyl (C=O) groups excluding carboxylic acids is 2. The number of nitrogens with one attached hydrogen (secondary N) is 1. The minimum Gasteiger partial charge on any atom is -0.352 e. The molecule has 2 aromatic carbocycles. The zero-order chi connectivity index (χ0) is 20.7. The summed E-state index contributed by atoms with van der Waals surface area (Å²) in [5.74, 6) is -0.218. The Morgan fingerprint density at radius 2 is 1.71 bits per heavy atom. The highest BCUT2D eigenvalue weighted by Gasteiger charge is 2.27. The largest absolute Gasteiger partial charge is 0.352 e. The molecule has 0 saturated carbocycles. The van der Waals surface area contributed by atoms with E-state index in [9.17, 15) is 9.59 Å². The second kappa shape index (κ2) is 10.3. The van der Waals surface area contributed by atoms with Crippen LogP contribution in [0.5, 0.6) is 0 Å². The summed E-state index contributed by atoms with van der Waals surface area (Å²) in [4.78, 5) is 27.5. The molecule has 2 rings (SSSR count). The molecule has 0 bridgehead atoms. The third kappa shape index (κ3) is 6.10. The maximum Gasteiger partial charge on any atom is 0.242 e. The predicted octanol–water partition coefficient (Wildman–Crippen LogP) is 4.52. The molecule has 4 nitrogen and oxygen atoms in total. The highest BCUT2D eigenvalue weighted by Crippen LogP contribution is 2.16. The summed E-state index contributed by atoms with van der Waals surface area (Å²) in [7, 11) is 0. The molecule has 28 heavy (non-hydrogen) atoms. The number of halogens is 1. The summed E-state index contributed by atoms with van der Waals surface area (Å²) in [5, 5.41) is 3.62. The first kappa shape index (κ1) is 22.0. The van der Waals surface area contributed by atoms with Gasteiger partial charge in [-0.1, -0.05) is 54.9 Å². The number of hydrogen-bond donors (Lipinski definition) is 1. The molecule has 0 heterocycles. The van der Waals surface area contributed by atoms with Crippen molar-refractivity contribution in [3.63, 3.8) is 0 Å². The molecule has 2 atom stereocenters. The SMILES string of the molecule is CC[C@@H](C)NC(=O)[C@H](C)N(Cc1ccccc1C)C(=O)Cc1ccc(Cl)cc1. The van der Waals surface area contributed by atoms with Crippen LogP contribution in [-0.2, 0) is 22.6 Å². The molecule has 0 aliphatic heterocycles. The van der Waals surface area contributed by atoms with Crippen molar-refractivity contribution in [2.45, 2.75) is 59.2 Å². The summed E-state index contributed by atoms with van der Waals surface area (Å²) >= 11 is 5.94. The van der Waals surface area contributed by atoms with E-state index in [1.54, 1.807) is 24.0 Å². The van der Waals surface area contributed by atoms with Crippen LogP contribution in [0.2, 0.25) is 5.02 Å². The maximum absolute atomic E-state index is 13.1. The number of hydrogen-bond acceptors (Lipinski definition) is 2. The van der Waals surface area contributed by atoms with Gasteiger partial charge in [-0.25, -0.2) is 0 Å². The quantitative estimate of drug-likeness (QED) is 0.708. The van der Waals surface area contributed by atoms with Crippen LogP contribution in [-0.4, -0.2) is 28.8 Å². The number of nitrogens with zero attached hydrogens (tertiary/aromatic N) is 1. The van der Waals surface area contributed by atoms with Gasteiger partial charge in [0.05, 0.1) is 6.42 Å². The molecule has 0 aliphatic rings. The number of carbonyl (C=O) groups is 2. The zero-order valence-electron chi connectivity index (χ0n) is 17.0.